The van der Waals surface area contributed by atoms with Crippen molar-refractivity contribution in [3.8, 4) is 6.07 Å². The Labute approximate surface area is 118 Å². The molecule has 2 rings (SSSR count). The Morgan fingerprint density at radius 2 is 2.37 bits per heavy atom. The third kappa shape index (κ3) is 3.62. The minimum atomic E-state index is 0.156. The average Bonchev–Trinajstić information content (AvgIpc) is 2.46. The molecule has 0 aliphatic carbocycles. The number of carbonyl (C=O) groups is 1. The van der Waals surface area contributed by atoms with Gasteiger partial charge in [-0.05, 0) is 13.0 Å². The number of piperidine rings is 1. The van der Waals surface area contributed by atoms with Crippen LogP contribution >= 0.6 is 11.8 Å². The van der Waals surface area contributed by atoms with Crippen LogP contribution in [0.4, 0.5) is 0 Å². The van der Waals surface area contributed by atoms with Crippen LogP contribution in [-0.4, -0.2) is 72.1 Å². The molecule has 5 nitrogen and oxygen atoms in total. The van der Waals surface area contributed by atoms with Crippen molar-refractivity contribution < 1.29 is 9.53 Å². The Morgan fingerprint density at radius 1 is 1.53 bits per heavy atom. The molecule has 106 valence electrons. The molecule has 0 saturated carbocycles. The Hall–Kier alpha value is -0.770. The number of nitrogens with zero attached hydrogens (tertiary/aromatic N) is 3. The molecule has 0 aromatic rings. The van der Waals surface area contributed by atoms with E-state index in [4.69, 9.17) is 10.00 Å². The number of hydrogen-bond donors (Lipinski definition) is 0. The molecule has 2 atom stereocenters. The van der Waals surface area contributed by atoms with Gasteiger partial charge in [-0.1, -0.05) is 6.92 Å². The summed E-state index contributed by atoms with van der Waals surface area (Å²) >= 11 is 1.40. The van der Waals surface area contributed by atoms with E-state index in [1.807, 2.05) is 4.90 Å². The standard InChI is InChI=1S/C13H21N3O2S/c1-2-15-5-3-11-12(9-15)18-7-6-16(11)13(17)10-19-8-4-14/h11-12H,2-3,5-10H2,1H3/t11-,12-/m1/s1. The monoisotopic (exact) mass is 283 g/mol. The molecule has 0 radical (unpaired) electrons. The summed E-state index contributed by atoms with van der Waals surface area (Å²) in [4.78, 5) is 16.6. The van der Waals surface area contributed by atoms with Crippen LogP contribution in [0, 0.1) is 11.3 Å². The average molecular weight is 283 g/mol. The van der Waals surface area contributed by atoms with Crippen LogP contribution in [-0.2, 0) is 9.53 Å². The number of likely N-dealkylation sites (N-methyl/N-ethyl adjacent to an activating group) is 1. The van der Waals surface area contributed by atoms with Gasteiger partial charge >= 0.3 is 0 Å². The van der Waals surface area contributed by atoms with Gasteiger partial charge < -0.3 is 14.5 Å². The van der Waals surface area contributed by atoms with Crippen LogP contribution in [0.5, 0.6) is 0 Å². The molecule has 0 unspecified atom stereocenters. The van der Waals surface area contributed by atoms with Gasteiger partial charge in [-0.2, -0.15) is 5.26 Å². The van der Waals surface area contributed by atoms with Crippen molar-refractivity contribution in [2.75, 3.05) is 44.3 Å². The molecular formula is C13H21N3O2S. The van der Waals surface area contributed by atoms with Crippen molar-refractivity contribution in [3.05, 3.63) is 0 Å². The molecule has 0 spiro atoms. The number of fused-ring (bicyclic) bond motifs is 1. The second-order valence-electron chi connectivity index (χ2n) is 4.90. The molecule has 2 saturated heterocycles. The SMILES string of the molecule is CCN1CC[C@@H]2[C@@H](C1)OCCN2C(=O)CSCC#N. The summed E-state index contributed by atoms with van der Waals surface area (Å²) in [5.41, 5.74) is 0. The minimum absolute atomic E-state index is 0.156. The maximum absolute atomic E-state index is 12.2. The summed E-state index contributed by atoms with van der Waals surface area (Å²) in [7, 11) is 0. The second-order valence-corrected chi connectivity index (χ2v) is 5.88. The van der Waals surface area contributed by atoms with E-state index in [0.29, 0.717) is 24.7 Å². The van der Waals surface area contributed by atoms with Crippen molar-refractivity contribution in [2.24, 2.45) is 0 Å². The van der Waals surface area contributed by atoms with E-state index in [0.717, 1.165) is 26.1 Å². The van der Waals surface area contributed by atoms with Crippen LogP contribution in [0.2, 0.25) is 0 Å². The van der Waals surface area contributed by atoms with Crippen LogP contribution in [0.1, 0.15) is 13.3 Å². The van der Waals surface area contributed by atoms with Crippen LogP contribution in [0.3, 0.4) is 0 Å². The lowest BCUT2D eigenvalue weighted by molar-refractivity contribution is -0.149. The van der Waals surface area contributed by atoms with E-state index >= 15 is 0 Å². The normalized spacial score (nSPS) is 27.7. The lowest BCUT2D eigenvalue weighted by Gasteiger charge is -2.46. The number of rotatable bonds is 4. The molecule has 6 heteroatoms. The van der Waals surface area contributed by atoms with Crippen molar-refractivity contribution in [3.63, 3.8) is 0 Å². The quantitative estimate of drug-likeness (QED) is 0.706. The first kappa shape index (κ1) is 14.6. The van der Waals surface area contributed by atoms with E-state index in [-0.39, 0.29) is 18.1 Å². The van der Waals surface area contributed by atoms with Crippen molar-refractivity contribution >= 4 is 17.7 Å². The third-order valence-corrected chi connectivity index (χ3v) is 4.62. The van der Waals surface area contributed by atoms with Gasteiger partial charge in [0, 0.05) is 19.6 Å². The molecule has 2 heterocycles. The zero-order valence-corrected chi connectivity index (χ0v) is 12.2. The number of nitriles is 1. The summed E-state index contributed by atoms with van der Waals surface area (Å²) in [6.07, 6.45) is 1.15. The van der Waals surface area contributed by atoms with Gasteiger partial charge in [0.1, 0.15) is 0 Å². The van der Waals surface area contributed by atoms with Crippen LogP contribution < -0.4 is 0 Å². The first-order valence-electron chi connectivity index (χ1n) is 6.84. The molecule has 0 N–H and O–H groups in total. The van der Waals surface area contributed by atoms with Gasteiger partial charge in [0.25, 0.3) is 0 Å². The first-order chi connectivity index (χ1) is 9.26. The van der Waals surface area contributed by atoms with E-state index in [1.54, 1.807) is 0 Å². The summed E-state index contributed by atoms with van der Waals surface area (Å²) in [6, 6.07) is 2.29. The second kappa shape index (κ2) is 7.13. The summed E-state index contributed by atoms with van der Waals surface area (Å²) in [5, 5.41) is 8.51. The molecule has 2 fully saturated rings. The van der Waals surface area contributed by atoms with Gasteiger partial charge in [0.2, 0.25) is 5.91 Å². The largest absolute Gasteiger partial charge is 0.373 e. The number of morpholine rings is 1. The number of ether oxygens (including phenoxy) is 1. The summed E-state index contributed by atoms with van der Waals surface area (Å²) in [6.45, 7) is 6.49. The Morgan fingerprint density at radius 3 is 3.11 bits per heavy atom. The highest BCUT2D eigenvalue weighted by Gasteiger charge is 2.38. The van der Waals surface area contributed by atoms with Crippen molar-refractivity contribution in [1.82, 2.24) is 9.80 Å². The fourth-order valence-electron chi connectivity index (χ4n) is 2.82. The molecule has 1 amide bonds. The van der Waals surface area contributed by atoms with E-state index in [1.165, 1.54) is 11.8 Å². The van der Waals surface area contributed by atoms with Gasteiger partial charge in [-0.25, -0.2) is 0 Å². The Balaban J connectivity index is 1.91. The molecular weight excluding hydrogens is 262 g/mol. The Kier molecular flexibility index (Phi) is 5.49. The van der Waals surface area contributed by atoms with Gasteiger partial charge in [0.05, 0.1) is 36.3 Å². The maximum atomic E-state index is 12.2. The zero-order valence-electron chi connectivity index (χ0n) is 11.4. The smallest absolute Gasteiger partial charge is 0.233 e. The van der Waals surface area contributed by atoms with Crippen molar-refractivity contribution in [2.45, 2.75) is 25.5 Å². The third-order valence-electron chi connectivity index (χ3n) is 3.83. The van der Waals surface area contributed by atoms with E-state index in [9.17, 15) is 4.79 Å². The molecule has 2 aliphatic rings. The van der Waals surface area contributed by atoms with Crippen LogP contribution in [0.15, 0.2) is 0 Å². The van der Waals surface area contributed by atoms with Gasteiger partial charge in [0.15, 0.2) is 0 Å². The Bertz CT molecular complexity index is 358. The highest BCUT2D eigenvalue weighted by molar-refractivity contribution is 8.00. The predicted octanol–water partition coefficient (Wildman–Crippen LogP) is 0.565. The lowest BCUT2D eigenvalue weighted by Crippen LogP contribution is -2.60. The zero-order chi connectivity index (χ0) is 13.7. The highest BCUT2D eigenvalue weighted by Crippen LogP contribution is 2.23. The number of thioether (sulfide) groups is 1. The fraction of sp³-hybridized carbons (Fsp3) is 0.846. The summed E-state index contributed by atoms with van der Waals surface area (Å²) in [5.74, 6) is 0.950. The number of likely N-dealkylation sites (tertiary alicyclic amines) is 1. The number of carbonyl (C=O) groups excluding carboxylic acids is 1. The number of hydrogen-bond acceptors (Lipinski definition) is 5. The minimum Gasteiger partial charge on any atom is -0.373 e. The number of amides is 1. The molecule has 19 heavy (non-hydrogen) atoms. The molecule has 0 aromatic heterocycles. The maximum Gasteiger partial charge on any atom is 0.233 e. The molecule has 0 bridgehead atoms. The molecule has 0 aromatic carbocycles. The van der Waals surface area contributed by atoms with Crippen molar-refractivity contribution in [1.29, 1.82) is 5.26 Å². The van der Waals surface area contributed by atoms with Crippen LogP contribution in [0.25, 0.3) is 0 Å². The fourth-order valence-corrected chi connectivity index (χ4v) is 3.35. The lowest BCUT2D eigenvalue weighted by atomic mass is 9.98. The van der Waals surface area contributed by atoms with Gasteiger partial charge in [-0.15, -0.1) is 11.8 Å². The topological polar surface area (TPSA) is 56.6 Å². The molecule has 2 aliphatic heterocycles. The van der Waals surface area contributed by atoms with E-state index < -0.39 is 0 Å². The highest BCUT2D eigenvalue weighted by atomic mass is 32.2. The summed E-state index contributed by atoms with van der Waals surface area (Å²) < 4.78 is 5.83. The van der Waals surface area contributed by atoms with Gasteiger partial charge in [-0.3, -0.25) is 4.79 Å². The first-order valence-corrected chi connectivity index (χ1v) is 7.99. The predicted molar refractivity (Wildman–Crippen MR) is 74.9 cm³/mol. The van der Waals surface area contributed by atoms with E-state index in [2.05, 4.69) is 17.9 Å².